The van der Waals surface area contributed by atoms with Gasteiger partial charge in [-0.25, -0.2) is 4.79 Å². The molecule has 2 aromatic rings. The molecule has 0 radical (unpaired) electrons. The third-order valence-electron chi connectivity index (χ3n) is 4.21. The monoisotopic (exact) mass is 344 g/mol. The quantitative estimate of drug-likeness (QED) is 0.809. The second kappa shape index (κ2) is 8.53. The summed E-state index contributed by atoms with van der Waals surface area (Å²) in [5.74, 6) is 0. The van der Waals surface area contributed by atoms with Gasteiger partial charge in [-0.05, 0) is 39.2 Å². The van der Waals surface area contributed by atoms with Gasteiger partial charge < -0.3 is 20.4 Å². The number of hydrogen-bond donors (Lipinski definition) is 2. The number of benzene rings is 1. The van der Waals surface area contributed by atoms with Crippen molar-refractivity contribution in [3.63, 3.8) is 0 Å². The summed E-state index contributed by atoms with van der Waals surface area (Å²) in [6.07, 6.45) is 3.79. The summed E-state index contributed by atoms with van der Waals surface area (Å²) in [4.78, 5) is 16.4. The van der Waals surface area contributed by atoms with E-state index in [-0.39, 0.29) is 12.1 Å². The van der Waals surface area contributed by atoms with Crippen LogP contribution in [0.1, 0.15) is 18.5 Å². The molecule has 0 bridgehead atoms. The molecule has 1 aromatic carbocycles. The zero-order valence-electron chi connectivity index (χ0n) is 15.7. The molecule has 1 aromatic heterocycles. The van der Waals surface area contributed by atoms with Crippen LogP contribution in [0.5, 0.6) is 0 Å². The van der Waals surface area contributed by atoms with E-state index in [2.05, 4.69) is 32.5 Å². The van der Waals surface area contributed by atoms with Gasteiger partial charge in [-0.15, -0.1) is 0 Å². The normalized spacial score (nSPS) is 12.1. The first-order valence-corrected chi connectivity index (χ1v) is 8.41. The molecule has 136 valence electrons. The Morgan fingerprint density at radius 2 is 2.08 bits per heavy atom. The van der Waals surface area contributed by atoms with E-state index in [0.717, 1.165) is 23.5 Å². The van der Waals surface area contributed by atoms with Crippen molar-refractivity contribution in [1.29, 1.82) is 0 Å². The van der Waals surface area contributed by atoms with Crippen LogP contribution in [-0.4, -0.2) is 54.9 Å². The largest absolute Gasteiger partial charge is 0.375 e. The Hall–Kier alpha value is -2.54. The van der Waals surface area contributed by atoms with Gasteiger partial charge in [0.15, 0.2) is 0 Å². The molecule has 0 saturated heterocycles. The molecule has 7 nitrogen and oxygen atoms in total. The van der Waals surface area contributed by atoms with Crippen molar-refractivity contribution in [3.05, 3.63) is 42.2 Å². The fraction of sp³-hybridized carbons (Fsp3) is 0.444. The van der Waals surface area contributed by atoms with Gasteiger partial charge in [0.2, 0.25) is 0 Å². The van der Waals surface area contributed by atoms with E-state index in [1.54, 1.807) is 4.68 Å². The number of likely N-dealkylation sites (N-methyl/N-ethyl adjacent to an activating group) is 1. The number of aromatic nitrogens is 2. The van der Waals surface area contributed by atoms with Crippen LogP contribution in [-0.2, 0) is 7.05 Å². The van der Waals surface area contributed by atoms with Crippen molar-refractivity contribution in [3.8, 4) is 0 Å². The van der Waals surface area contributed by atoms with Crippen molar-refractivity contribution in [1.82, 2.24) is 20.0 Å². The molecule has 0 aliphatic rings. The summed E-state index contributed by atoms with van der Waals surface area (Å²) in [7, 11) is 7.88. The summed E-state index contributed by atoms with van der Waals surface area (Å²) < 4.78 is 1.77. The summed E-state index contributed by atoms with van der Waals surface area (Å²) in [6, 6.07) is 7.67. The topological polar surface area (TPSA) is 65.4 Å². The van der Waals surface area contributed by atoms with Crippen molar-refractivity contribution in [2.24, 2.45) is 7.05 Å². The number of nitrogens with zero attached hydrogens (tertiary/aromatic N) is 4. The highest BCUT2D eigenvalue weighted by molar-refractivity contribution is 5.89. The molecule has 0 saturated carbocycles. The van der Waals surface area contributed by atoms with Crippen LogP contribution < -0.4 is 15.5 Å². The number of hydrogen-bond acceptors (Lipinski definition) is 4. The minimum atomic E-state index is -0.216. The van der Waals surface area contributed by atoms with Crippen molar-refractivity contribution in [2.45, 2.75) is 13.0 Å². The molecule has 0 spiro atoms. The van der Waals surface area contributed by atoms with Crippen LogP contribution in [0.15, 0.2) is 36.7 Å². The Bertz CT molecular complexity index is 696. The molecule has 7 heteroatoms. The molecule has 0 fully saturated rings. The van der Waals surface area contributed by atoms with Crippen molar-refractivity contribution in [2.75, 3.05) is 44.4 Å². The minimum absolute atomic E-state index is 0.0667. The van der Waals surface area contributed by atoms with Gasteiger partial charge in [0.1, 0.15) is 0 Å². The van der Waals surface area contributed by atoms with Crippen LogP contribution in [0, 0.1) is 0 Å². The predicted octanol–water partition coefficient (Wildman–Crippen LogP) is 2.30. The maximum atomic E-state index is 12.3. The SMILES string of the molecule is CCN(C)c1cccc(NC(=O)NC[C@@H](c2cnn(C)c2)N(C)C)c1. The van der Waals surface area contributed by atoms with Crippen LogP contribution >= 0.6 is 0 Å². The van der Waals surface area contributed by atoms with Gasteiger partial charge in [-0.2, -0.15) is 5.10 Å². The highest BCUT2D eigenvalue weighted by Crippen LogP contribution is 2.19. The first-order chi connectivity index (χ1) is 11.9. The lowest BCUT2D eigenvalue weighted by molar-refractivity contribution is 0.243. The number of aryl methyl sites for hydroxylation is 1. The van der Waals surface area contributed by atoms with E-state index in [9.17, 15) is 4.79 Å². The van der Waals surface area contributed by atoms with Gasteiger partial charge in [-0.1, -0.05) is 6.07 Å². The minimum Gasteiger partial charge on any atom is -0.375 e. The summed E-state index contributed by atoms with van der Waals surface area (Å²) >= 11 is 0. The van der Waals surface area contributed by atoms with Crippen LogP contribution in [0.25, 0.3) is 0 Å². The van der Waals surface area contributed by atoms with E-state index in [1.807, 2.05) is 64.8 Å². The number of urea groups is 1. The Morgan fingerprint density at radius 1 is 1.32 bits per heavy atom. The Kier molecular flexibility index (Phi) is 6.41. The van der Waals surface area contributed by atoms with E-state index in [4.69, 9.17) is 0 Å². The maximum absolute atomic E-state index is 12.3. The van der Waals surface area contributed by atoms with Crippen LogP contribution in [0.4, 0.5) is 16.2 Å². The molecule has 0 unspecified atom stereocenters. The number of carbonyl (C=O) groups is 1. The van der Waals surface area contributed by atoms with Gasteiger partial charge in [0, 0.05) is 50.3 Å². The van der Waals surface area contributed by atoms with E-state index >= 15 is 0 Å². The Morgan fingerprint density at radius 3 is 2.68 bits per heavy atom. The molecular formula is C18H28N6O. The molecule has 25 heavy (non-hydrogen) atoms. The molecule has 2 amide bonds. The predicted molar refractivity (Wildman–Crippen MR) is 102 cm³/mol. The highest BCUT2D eigenvalue weighted by atomic mass is 16.2. The van der Waals surface area contributed by atoms with E-state index < -0.39 is 0 Å². The number of nitrogens with one attached hydrogen (secondary N) is 2. The lowest BCUT2D eigenvalue weighted by Crippen LogP contribution is -2.36. The van der Waals surface area contributed by atoms with Crippen molar-refractivity contribution >= 4 is 17.4 Å². The van der Waals surface area contributed by atoms with Crippen LogP contribution in [0.3, 0.4) is 0 Å². The molecule has 2 rings (SSSR count). The van der Waals surface area contributed by atoms with Crippen molar-refractivity contribution < 1.29 is 4.79 Å². The fourth-order valence-electron chi connectivity index (χ4n) is 2.58. The average molecular weight is 344 g/mol. The molecule has 0 aliphatic carbocycles. The zero-order chi connectivity index (χ0) is 18.4. The summed E-state index contributed by atoms with van der Waals surface area (Å²) in [5.41, 5.74) is 2.92. The van der Waals surface area contributed by atoms with Gasteiger partial charge in [0.05, 0.1) is 12.2 Å². The summed E-state index contributed by atoms with van der Waals surface area (Å²) in [6.45, 7) is 3.50. The summed E-state index contributed by atoms with van der Waals surface area (Å²) in [5, 5.41) is 10.0. The van der Waals surface area contributed by atoms with Gasteiger partial charge in [-0.3, -0.25) is 4.68 Å². The first kappa shape index (κ1) is 18.8. The third kappa shape index (κ3) is 5.22. The molecule has 1 atom stereocenters. The zero-order valence-corrected chi connectivity index (χ0v) is 15.7. The molecule has 2 N–H and O–H groups in total. The van der Waals surface area contributed by atoms with Gasteiger partial charge in [0.25, 0.3) is 0 Å². The highest BCUT2D eigenvalue weighted by Gasteiger charge is 2.17. The molecule has 0 aliphatic heterocycles. The fourth-order valence-corrected chi connectivity index (χ4v) is 2.58. The Balaban J connectivity index is 1.95. The van der Waals surface area contributed by atoms with E-state index in [0.29, 0.717) is 6.54 Å². The van der Waals surface area contributed by atoms with Crippen LogP contribution in [0.2, 0.25) is 0 Å². The lowest BCUT2D eigenvalue weighted by Gasteiger charge is -2.23. The van der Waals surface area contributed by atoms with E-state index in [1.165, 1.54) is 0 Å². The second-order valence-electron chi connectivity index (χ2n) is 6.33. The number of anilines is 2. The smallest absolute Gasteiger partial charge is 0.319 e. The first-order valence-electron chi connectivity index (χ1n) is 8.41. The standard InChI is InChI=1S/C18H28N6O/c1-6-23(4)16-9-7-8-15(10-16)21-18(25)19-12-17(22(2)3)14-11-20-24(5)13-14/h7-11,13,17H,6,12H2,1-5H3,(H2,19,21,25)/t17-/m0/s1. The molecule has 1 heterocycles. The Labute approximate surface area is 149 Å². The molecular weight excluding hydrogens is 316 g/mol. The third-order valence-corrected chi connectivity index (χ3v) is 4.21. The number of rotatable bonds is 7. The maximum Gasteiger partial charge on any atom is 0.319 e. The van der Waals surface area contributed by atoms with Gasteiger partial charge >= 0.3 is 6.03 Å². The second-order valence-corrected chi connectivity index (χ2v) is 6.33. The number of amides is 2. The lowest BCUT2D eigenvalue weighted by atomic mass is 10.1. The average Bonchev–Trinajstić information content (AvgIpc) is 3.00. The number of carbonyl (C=O) groups excluding carboxylic acids is 1.